The number of ether oxygens (including phenoxy) is 1. The number of hydrogen-bond donors (Lipinski definition) is 3. The number of pyridine rings is 2. The SMILES string of the molecule is C#Cc1ncc(NC(=O)N[C@@H](COC(N)=O)c2ccc(-c3cccc(N4CCCC4)n3)cn2)s1. The van der Waals surface area contributed by atoms with E-state index in [0.29, 0.717) is 15.7 Å². The van der Waals surface area contributed by atoms with E-state index in [1.807, 2.05) is 24.3 Å². The predicted molar refractivity (Wildman–Crippen MR) is 129 cm³/mol. The van der Waals surface area contributed by atoms with Crippen molar-refractivity contribution in [2.24, 2.45) is 5.73 Å². The van der Waals surface area contributed by atoms with Gasteiger partial charge in [-0.25, -0.2) is 19.6 Å². The van der Waals surface area contributed by atoms with E-state index in [9.17, 15) is 9.59 Å². The van der Waals surface area contributed by atoms with Gasteiger partial charge in [0.1, 0.15) is 23.5 Å². The average molecular weight is 478 g/mol. The molecule has 0 radical (unpaired) electrons. The van der Waals surface area contributed by atoms with Crippen LogP contribution in [0.25, 0.3) is 11.3 Å². The van der Waals surface area contributed by atoms with E-state index >= 15 is 0 Å². The summed E-state index contributed by atoms with van der Waals surface area (Å²) < 4.78 is 4.92. The fraction of sp³-hybridized carbons (Fsp3) is 0.261. The van der Waals surface area contributed by atoms with Gasteiger partial charge in [0.25, 0.3) is 0 Å². The molecule has 1 aliphatic heterocycles. The highest BCUT2D eigenvalue weighted by atomic mass is 32.1. The Hall–Kier alpha value is -4.17. The summed E-state index contributed by atoms with van der Waals surface area (Å²) in [6, 6.07) is 8.25. The Morgan fingerprint density at radius 3 is 2.71 bits per heavy atom. The van der Waals surface area contributed by atoms with Crippen molar-refractivity contribution < 1.29 is 14.3 Å². The first-order chi connectivity index (χ1) is 16.5. The number of aromatic nitrogens is 3. The summed E-state index contributed by atoms with van der Waals surface area (Å²) in [4.78, 5) is 39.1. The third-order valence-electron chi connectivity index (χ3n) is 5.17. The summed E-state index contributed by atoms with van der Waals surface area (Å²) >= 11 is 1.16. The Kier molecular flexibility index (Phi) is 7.19. The van der Waals surface area contributed by atoms with E-state index in [1.54, 1.807) is 12.3 Å². The fourth-order valence-corrected chi connectivity index (χ4v) is 4.16. The molecule has 0 unspecified atom stereocenters. The minimum Gasteiger partial charge on any atom is -0.447 e. The number of rotatable bonds is 7. The number of nitrogens with zero attached hydrogens (tertiary/aromatic N) is 4. The monoisotopic (exact) mass is 477 g/mol. The van der Waals surface area contributed by atoms with Crippen LogP contribution in [0.4, 0.5) is 20.4 Å². The van der Waals surface area contributed by atoms with Gasteiger partial charge in [-0.05, 0) is 43.0 Å². The molecule has 1 fully saturated rings. The molecule has 1 saturated heterocycles. The van der Waals surface area contributed by atoms with Crippen LogP contribution in [0.1, 0.15) is 29.6 Å². The molecule has 3 aromatic heterocycles. The van der Waals surface area contributed by atoms with Gasteiger partial charge in [0.2, 0.25) is 0 Å². The van der Waals surface area contributed by atoms with Gasteiger partial charge in [0.15, 0.2) is 5.01 Å². The minimum absolute atomic E-state index is 0.184. The lowest BCUT2D eigenvalue weighted by molar-refractivity contribution is 0.143. The quantitative estimate of drug-likeness (QED) is 0.445. The zero-order valence-electron chi connectivity index (χ0n) is 18.2. The summed E-state index contributed by atoms with van der Waals surface area (Å²) in [7, 11) is 0. The van der Waals surface area contributed by atoms with E-state index in [-0.39, 0.29) is 6.61 Å². The molecule has 34 heavy (non-hydrogen) atoms. The average Bonchev–Trinajstić information content (AvgIpc) is 3.54. The van der Waals surface area contributed by atoms with Crippen LogP contribution in [0.15, 0.2) is 42.7 Å². The van der Waals surface area contributed by atoms with Gasteiger partial charge in [-0.2, -0.15) is 0 Å². The van der Waals surface area contributed by atoms with Crippen molar-refractivity contribution in [3.05, 3.63) is 53.4 Å². The van der Waals surface area contributed by atoms with E-state index in [0.717, 1.165) is 41.5 Å². The third-order valence-corrected chi connectivity index (χ3v) is 6.01. The molecule has 4 heterocycles. The molecular weight excluding hydrogens is 454 g/mol. The maximum Gasteiger partial charge on any atom is 0.404 e. The van der Waals surface area contributed by atoms with Crippen LogP contribution in [0.2, 0.25) is 0 Å². The first-order valence-electron chi connectivity index (χ1n) is 10.6. The lowest BCUT2D eigenvalue weighted by Gasteiger charge is -2.19. The maximum absolute atomic E-state index is 12.5. The van der Waals surface area contributed by atoms with Crippen molar-refractivity contribution in [3.8, 4) is 23.6 Å². The zero-order valence-corrected chi connectivity index (χ0v) is 19.0. The number of carbonyl (C=O) groups is 2. The summed E-state index contributed by atoms with van der Waals surface area (Å²) in [5.41, 5.74) is 7.23. The van der Waals surface area contributed by atoms with Gasteiger partial charge in [-0.1, -0.05) is 17.4 Å². The van der Waals surface area contributed by atoms with Crippen molar-refractivity contribution in [2.45, 2.75) is 18.9 Å². The van der Waals surface area contributed by atoms with Crippen LogP contribution in [0.5, 0.6) is 0 Å². The summed E-state index contributed by atoms with van der Waals surface area (Å²) in [5.74, 6) is 3.35. The number of primary amides is 1. The molecule has 1 aliphatic rings. The number of nitrogens with two attached hydrogens (primary N) is 1. The fourth-order valence-electron chi connectivity index (χ4n) is 3.54. The normalized spacial score (nSPS) is 13.7. The van der Waals surface area contributed by atoms with Gasteiger partial charge in [0.05, 0.1) is 17.6 Å². The number of terminal acetylenes is 1. The summed E-state index contributed by atoms with van der Waals surface area (Å²) in [6.07, 6.45) is 9.83. The van der Waals surface area contributed by atoms with Gasteiger partial charge < -0.3 is 20.7 Å². The standard InChI is InChI=1S/C23H23N7O3S/c1-2-20-26-13-21(34-20)29-23(32)28-18(14-33-22(24)31)17-9-8-15(12-25-17)16-6-5-7-19(27-16)30-10-3-4-11-30/h1,5-9,12-13,18H,3-4,10-11,14H2,(H2,24,31)(H2,28,29,32)/t18-/m0/s1. The lowest BCUT2D eigenvalue weighted by Crippen LogP contribution is -2.36. The van der Waals surface area contributed by atoms with E-state index in [4.69, 9.17) is 21.9 Å². The number of hydrogen-bond acceptors (Lipinski definition) is 8. The zero-order chi connectivity index (χ0) is 23.9. The van der Waals surface area contributed by atoms with Crippen LogP contribution >= 0.6 is 11.3 Å². The second kappa shape index (κ2) is 10.6. The second-order valence-corrected chi connectivity index (χ2v) is 8.53. The van der Waals surface area contributed by atoms with Crippen molar-refractivity contribution in [3.63, 3.8) is 0 Å². The molecule has 0 saturated carbocycles. The predicted octanol–water partition coefficient (Wildman–Crippen LogP) is 3.14. The highest BCUT2D eigenvalue weighted by molar-refractivity contribution is 7.16. The molecule has 11 heteroatoms. The maximum atomic E-state index is 12.5. The Bertz CT molecular complexity index is 1200. The smallest absolute Gasteiger partial charge is 0.404 e. The topological polar surface area (TPSA) is 135 Å². The third kappa shape index (κ3) is 5.79. The van der Waals surface area contributed by atoms with Crippen LogP contribution in [-0.2, 0) is 4.74 Å². The molecule has 0 spiro atoms. The molecule has 3 aromatic rings. The number of urea groups is 1. The molecule has 1 atom stereocenters. The number of anilines is 2. The lowest BCUT2D eigenvalue weighted by atomic mass is 10.1. The van der Waals surface area contributed by atoms with E-state index < -0.39 is 18.2 Å². The molecule has 0 bridgehead atoms. The summed E-state index contributed by atoms with van der Waals surface area (Å²) in [6.45, 7) is 1.83. The van der Waals surface area contributed by atoms with Gasteiger partial charge >= 0.3 is 12.1 Å². The van der Waals surface area contributed by atoms with Crippen molar-refractivity contribution in [1.82, 2.24) is 20.3 Å². The largest absolute Gasteiger partial charge is 0.447 e. The molecule has 3 amide bonds. The van der Waals surface area contributed by atoms with Crippen molar-refractivity contribution in [2.75, 3.05) is 29.9 Å². The van der Waals surface area contributed by atoms with Crippen LogP contribution < -0.4 is 21.3 Å². The minimum atomic E-state index is -0.951. The van der Waals surface area contributed by atoms with Crippen molar-refractivity contribution in [1.29, 1.82) is 0 Å². The Morgan fingerprint density at radius 1 is 1.21 bits per heavy atom. The molecule has 4 rings (SSSR count). The van der Waals surface area contributed by atoms with Crippen molar-refractivity contribution >= 4 is 34.3 Å². The first kappa shape index (κ1) is 23.0. The molecule has 4 N–H and O–H groups in total. The highest BCUT2D eigenvalue weighted by Gasteiger charge is 2.19. The number of carbonyl (C=O) groups excluding carboxylic acids is 2. The molecule has 174 valence electrons. The first-order valence-corrected chi connectivity index (χ1v) is 11.4. The number of amides is 3. The molecule has 0 aromatic carbocycles. The van der Waals surface area contributed by atoms with E-state index in [1.165, 1.54) is 19.0 Å². The number of nitrogens with one attached hydrogen (secondary N) is 2. The number of thiazole rings is 1. The van der Waals surface area contributed by atoms with Gasteiger partial charge in [0, 0.05) is 24.8 Å². The van der Waals surface area contributed by atoms with Gasteiger partial charge in [-0.3, -0.25) is 10.3 Å². The van der Waals surface area contributed by atoms with E-state index in [2.05, 4.69) is 31.4 Å². The van der Waals surface area contributed by atoms with Crippen LogP contribution in [0, 0.1) is 12.3 Å². The molecular formula is C23H23N7O3S. The summed E-state index contributed by atoms with van der Waals surface area (Å²) in [5, 5.41) is 6.31. The van der Waals surface area contributed by atoms with Crippen LogP contribution in [0.3, 0.4) is 0 Å². The van der Waals surface area contributed by atoms with Crippen LogP contribution in [-0.4, -0.2) is 46.8 Å². The second-order valence-electron chi connectivity index (χ2n) is 7.50. The Labute approximate surface area is 200 Å². The Morgan fingerprint density at radius 2 is 2.03 bits per heavy atom. The molecule has 0 aliphatic carbocycles. The highest BCUT2D eigenvalue weighted by Crippen LogP contribution is 2.24. The van der Waals surface area contributed by atoms with Gasteiger partial charge in [-0.15, -0.1) is 6.42 Å². The molecule has 10 nitrogen and oxygen atoms in total. The Balaban J connectivity index is 1.48.